The van der Waals surface area contributed by atoms with Crippen LogP contribution in [0, 0.1) is 5.92 Å². The molecule has 1 heterocycles. The maximum absolute atomic E-state index is 13.3. The average molecular weight is 403 g/mol. The molecule has 0 aliphatic rings. The van der Waals surface area contributed by atoms with Crippen molar-refractivity contribution in [2.45, 2.75) is 43.4 Å². The summed E-state index contributed by atoms with van der Waals surface area (Å²) in [7, 11) is -3.46. The number of rotatable bonds is 8. The van der Waals surface area contributed by atoms with E-state index >= 15 is 0 Å². The normalized spacial score (nSPS) is 14.5. The minimum atomic E-state index is -3.46. The lowest BCUT2D eigenvalue weighted by Gasteiger charge is -2.26. The number of sulfone groups is 1. The molecule has 0 saturated carbocycles. The van der Waals surface area contributed by atoms with Gasteiger partial charge in [-0.1, -0.05) is 44.2 Å². The fraction of sp³-hybridized carbons (Fsp3) is 0.381. The summed E-state index contributed by atoms with van der Waals surface area (Å²) >= 11 is 1.46. The molecule has 6 heteroatoms. The second-order valence-electron chi connectivity index (χ2n) is 7.33. The third-order valence-corrected chi connectivity index (χ3v) is 7.78. The molecule has 0 saturated heterocycles. The number of hydrogen-bond acceptors (Lipinski definition) is 5. The van der Waals surface area contributed by atoms with Crippen LogP contribution in [0.2, 0.25) is 0 Å². The van der Waals surface area contributed by atoms with Crippen LogP contribution in [0.15, 0.2) is 58.9 Å². The number of benzene rings is 2. The highest BCUT2D eigenvalue weighted by Gasteiger charge is 2.31. The number of nitrogens with zero attached hydrogens (tertiary/aromatic N) is 1. The van der Waals surface area contributed by atoms with Crippen LogP contribution in [0.1, 0.15) is 26.3 Å². The Labute approximate surface area is 165 Å². The van der Waals surface area contributed by atoms with E-state index in [1.165, 1.54) is 11.3 Å². The SMILES string of the molecule is CC(C)CNC(Cc1ccccc1)C(C)S(=O)(=O)c1ccc2ncsc2c1. The monoisotopic (exact) mass is 402 g/mol. The zero-order chi connectivity index (χ0) is 19.4. The van der Waals surface area contributed by atoms with Gasteiger partial charge in [0.15, 0.2) is 9.84 Å². The molecule has 2 aromatic carbocycles. The van der Waals surface area contributed by atoms with Crippen molar-refractivity contribution in [1.82, 2.24) is 10.3 Å². The summed E-state index contributed by atoms with van der Waals surface area (Å²) in [5.41, 5.74) is 3.72. The third-order valence-electron chi connectivity index (χ3n) is 4.77. The molecular weight excluding hydrogens is 376 g/mol. The van der Waals surface area contributed by atoms with E-state index in [0.717, 1.165) is 22.3 Å². The van der Waals surface area contributed by atoms with Gasteiger partial charge in [0.2, 0.25) is 0 Å². The molecule has 0 radical (unpaired) electrons. The summed E-state index contributed by atoms with van der Waals surface area (Å²) in [6.45, 7) is 6.85. The molecule has 1 N–H and O–H groups in total. The van der Waals surface area contributed by atoms with E-state index in [2.05, 4.69) is 24.1 Å². The van der Waals surface area contributed by atoms with Crippen molar-refractivity contribution in [3.8, 4) is 0 Å². The molecular formula is C21H26N2O2S2. The van der Waals surface area contributed by atoms with Crippen molar-refractivity contribution < 1.29 is 8.42 Å². The van der Waals surface area contributed by atoms with Gasteiger partial charge in [0.05, 0.1) is 25.9 Å². The van der Waals surface area contributed by atoms with Gasteiger partial charge in [0, 0.05) is 6.04 Å². The first kappa shape index (κ1) is 20.0. The molecule has 2 unspecified atom stereocenters. The molecule has 2 atom stereocenters. The first-order valence-electron chi connectivity index (χ1n) is 9.22. The second-order valence-corrected chi connectivity index (χ2v) is 10.5. The fourth-order valence-electron chi connectivity index (χ4n) is 3.10. The quantitative estimate of drug-likeness (QED) is 0.610. The van der Waals surface area contributed by atoms with Gasteiger partial charge in [0.1, 0.15) is 0 Å². The number of fused-ring (bicyclic) bond motifs is 1. The fourth-order valence-corrected chi connectivity index (χ4v) is 5.49. The van der Waals surface area contributed by atoms with Crippen molar-refractivity contribution in [2.24, 2.45) is 5.92 Å². The molecule has 144 valence electrons. The summed E-state index contributed by atoms with van der Waals surface area (Å²) in [4.78, 5) is 4.61. The van der Waals surface area contributed by atoms with Gasteiger partial charge in [-0.15, -0.1) is 11.3 Å². The Bertz CT molecular complexity index is 982. The second kappa shape index (κ2) is 8.50. The van der Waals surface area contributed by atoms with Crippen LogP contribution in [0.4, 0.5) is 0 Å². The highest BCUT2D eigenvalue weighted by atomic mass is 32.2. The zero-order valence-electron chi connectivity index (χ0n) is 15.9. The Hall–Kier alpha value is -1.76. The average Bonchev–Trinajstić information content (AvgIpc) is 3.13. The van der Waals surface area contributed by atoms with Crippen molar-refractivity contribution in [3.05, 3.63) is 59.6 Å². The summed E-state index contributed by atoms with van der Waals surface area (Å²) in [6.07, 6.45) is 0.677. The van der Waals surface area contributed by atoms with E-state index in [-0.39, 0.29) is 6.04 Å². The molecule has 0 amide bonds. The predicted molar refractivity (Wildman–Crippen MR) is 113 cm³/mol. The maximum Gasteiger partial charge on any atom is 0.182 e. The lowest BCUT2D eigenvalue weighted by atomic mass is 10.0. The van der Waals surface area contributed by atoms with Gasteiger partial charge in [0.25, 0.3) is 0 Å². The Kier molecular flexibility index (Phi) is 6.29. The highest BCUT2D eigenvalue weighted by molar-refractivity contribution is 7.92. The van der Waals surface area contributed by atoms with Crippen molar-refractivity contribution in [3.63, 3.8) is 0 Å². The van der Waals surface area contributed by atoms with Gasteiger partial charge in [-0.25, -0.2) is 13.4 Å². The van der Waals surface area contributed by atoms with Crippen LogP contribution >= 0.6 is 11.3 Å². The van der Waals surface area contributed by atoms with Crippen LogP contribution in [-0.4, -0.2) is 31.2 Å². The summed E-state index contributed by atoms with van der Waals surface area (Å²) in [5.74, 6) is 0.451. The van der Waals surface area contributed by atoms with E-state index in [1.54, 1.807) is 23.7 Å². The Morgan fingerprint density at radius 3 is 2.52 bits per heavy atom. The zero-order valence-corrected chi connectivity index (χ0v) is 17.6. The maximum atomic E-state index is 13.3. The van der Waals surface area contributed by atoms with E-state index in [4.69, 9.17) is 0 Å². The van der Waals surface area contributed by atoms with Crippen LogP contribution < -0.4 is 5.32 Å². The molecule has 4 nitrogen and oxygen atoms in total. The molecule has 0 spiro atoms. The first-order chi connectivity index (χ1) is 12.9. The molecule has 27 heavy (non-hydrogen) atoms. The van der Waals surface area contributed by atoms with Gasteiger partial charge in [-0.3, -0.25) is 0 Å². The van der Waals surface area contributed by atoms with Gasteiger partial charge in [-0.05, 0) is 49.6 Å². The first-order valence-corrected chi connectivity index (χ1v) is 11.6. The standard InChI is InChI=1S/C21H26N2O2S2/c1-15(2)13-22-20(11-17-7-5-4-6-8-17)16(3)27(24,25)18-9-10-19-21(12-18)26-14-23-19/h4-10,12,14-16,20,22H,11,13H2,1-3H3. The van der Waals surface area contributed by atoms with Crippen LogP contribution in [0.25, 0.3) is 10.2 Å². The molecule has 3 aromatic rings. The minimum Gasteiger partial charge on any atom is -0.312 e. The van der Waals surface area contributed by atoms with Crippen molar-refractivity contribution in [2.75, 3.05) is 6.54 Å². The number of nitrogens with one attached hydrogen (secondary N) is 1. The summed E-state index contributed by atoms with van der Waals surface area (Å²) < 4.78 is 27.5. The van der Waals surface area contributed by atoms with E-state index in [9.17, 15) is 8.42 Å². The number of hydrogen-bond donors (Lipinski definition) is 1. The number of thiazole rings is 1. The Balaban J connectivity index is 1.89. The lowest BCUT2D eigenvalue weighted by Crippen LogP contribution is -2.45. The topological polar surface area (TPSA) is 59.1 Å². The Morgan fingerprint density at radius 1 is 1.07 bits per heavy atom. The largest absolute Gasteiger partial charge is 0.312 e. The van der Waals surface area contributed by atoms with Gasteiger partial charge in [-0.2, -0.15) is 0 Å². The van der Waals surface area contributed by atoms with Crippen molar-refractivity contribution >= 4 is 31.4 Å². The summed E-state index contributed by atoms with van der Waals surface area (Å²) in [5, 5.41) is 2.95. The van der Waals surface area contributed by atoms with Gasteiger partial charge >= 0.3 is 0 Å². The van der Waals surface area contributed by atoms with E-state index < -0.39 is 15.1 Å². The summed E-state index contributed by atoms with van der Waals surface area (Å²) in [6, 6.07) is 15.1. The van der Waals surface area contributed by atoms with Crippen LogP contribution in [0.3, 0.4) is 0 Å². The predicted octanol–water partition coefficient (Wildman–Crippen LogP) is 4.32. The van der Waals surface area contributed by atoms with Crippen molar-refractivity contribution in [1.29, 1.82) is 0 Å². The van der Waals surface area contributed by atoms with E-state index in [0.29, 0.717) is 17.2 Å². The lowest BCUT2D eigenvalue weighted by molar-refractivity contribution is 0.443. The number of aromatic nitrogens is 1. The molecule has 0 bridgehead atoms. The minimum absolute atomic E-state index is 0.156. The molecule has 0 fully saturated rings. The van der Waals surface area contributed by atoms with Gasteiger partial charge < -0.3 is 5.32 Å². The molecule has 3 rings (SSSR count). The smallest absolute Gasteiger partial charge is 0.182 e. The molecule has 0 aliphatic heterocycles. The van der Waals surface area contributed by atoms with Crippen LogP contribution in [-0.2, 0) is 16.3 Å². The Morgan fingerprint density at radius 2 is 1.81 bits per heavy atom. The molecule has 0 aliphatic carbocycles. The van der Waals surface area contributed by atoms with E-state index in [1.807, 2.05) is 37.3 Å². The third kappa shape index (κ3) is 4.75. The van der Waals surface area contributed by atoms with Crippen LogP contribution in [0.5, 0.6) is 0 Å². The highest BCUT2D eigenvalue weighted by Crippen LogP contribution is 2.26. The molecule has 1 aromatic heterocycles.